The number of aromatic nitrogens is 2. The van der Waals surface area contributed by atoms with Gasteiger partial charge in [-0.2, -0.15) is 5.10 Å². The summed E-state index contributed by atoms with van der Waals surface area (Å²) in [5.74, 6) is 0.557. The van der Waals surface area contributed by atoms with Gasteiger partial charge in [0.1, 0.15) is 0 Å². The van der Waals surface area contributed by atoms with Crippen LogP contribution in [0.25, 0.3) is 0 Å². The molecule has 0 unspecified atom stereocenters. The first-order chi connectivity index (χ1) is 11.0. The van der Waals surface area contributed by atoms with Crippen molar-refractivity contribution < 1.29 is 9.59 Å². The highest BCUT2D eigenvalue weighted by atomic mass is 16.2. The van der Waals surface area contributed by atoms with E-state index < -0.39 is 0 Å². The van der Waals surface area contributed by atoms with E-state index in [0.717, 1.165) is 19.5 Å². The highest BCUT2D eigenvalue weighted by molar-refractivity contribution is 5.84. The maximum absolute atomic E-state index is 12.4. The minimum atomic E-state index is -0.101. The summed E-state index contributed by atoms with van der Waals surface area (Å²) in [6.07, 6.45) is 5.65. The molecule has 1 fully saturated rings. The minimum Gasteiger partial charge on any atom is -0.356 e. The quantitative estimate of drug-likeness (QED) is 0.777. The van der Waals surface area contributed by atoms with Gasteiger partial charge in [0.15, 0.2) is 0 Å². The maximum atomic E-state index is 12.4. The van der Waals surface area contributed by atoms with E-state index in [1.165, 1.54) is 0 Å². The first kappa shape index (κ1) is 17.5. The Hall–Kier alpha value is -1.85. The Kier molecular flexibility index (Phi) is 6.19. The number of hydrogen-bond donors (Lipinski definition) is 1. The standard InChI is InChI=1S/C17H28N4O2/c1-13(2)12-21-14(3)15(6-7-16(21)22)17(23)18-8-4-10-20-11-5-9-19-20/h5,9,11,13-15H,4,6-8,10,12H2,1-3H3,(H,18,23)/t14-,15-/m1/s1. The smallest absolute Gasteiger partial charge is 0.225 e. The van der Waals surface area contributed by atoms with Crippen LogP contribution in [-0.2, 0) is 16.1 Å². The maximum Gasteiger partial charge on any atom is 0.225 e. The number of likely N-dealkylation sites (tertiary alicyclic amines) is 1. The number of carbonyl (C=O) groups excluding carboxylic acids is 2. The first-order valence-corrected chi connectivity index (χ1v) is 8.53. The highest BCUT2D eigenvalue weighted by Gasteiger charge is 2.36. The number of amides is 2. The molecule has 1 aromatic heterocycles. The topological polar surface area (TPSA) is 67.2 Å². The predicted molar refractivity (Wildman–Crippen MR) is 88.6 cm³/mol. The molecule has 0 aromatic carbocycles. The second-order valence-electron chi connectivity index (χ2n) is 6.74. The van der Waals surface area contributed by atoms with Gasteiger partial charge in [0, 0.05) is 44.5 Å². The van der Waals surface area contributed by atoms with Gasteiger partial charge in [0.25, 0.3) is 0 Å². The molecule has 6 heteroatoms. The molecule has 0 radical (unpaired) electrons. The molecule has 0 aliphatic carbocycles. The zero-order valence-corrected chi connectivity index (χ0v) is 14.4. The zero-order chi connectivity index (χ0) is 16.8. The Balaban J connectivity index is 1.79. The summed E-state index contributed by atoms with van der Waals surface area (Å²) in [7, 11) is 0. The van der Waals surface area contributed by atoms with Crippen molar-refractivity contribution in [2.75, 3.05) is 13.1 Å². The Morgan fingerprint density at radius 2 is 2.26 bits per heavy atom. The molecule has 0 spiro atoms. The summed E-state index contributed by atoms with van der Waals surface area (Å²) in [5.41, 5.74) is 0. The molecule has 1 saturated heterocycles. The van der Waals surface area contributed by atoms with E-state index in [1.54, 1.807) is 6.20 Å². The van der Waals surface area contributed by atoms with Crippen LogP contribution in [0.3, 0.4) is 0 Å². The van der Waals surface area contributed by atoms with Gasteiger partial charge in [-0.3, -0.25) is 14.3 Å². The minimum absolute atomic E-state index is 0.0234. The van der Waals surface area contributed by atoms with E-state index in [-0.39, 0.29) is 23.8 Å². The zero-order valence-electron chi connectivity index (χ0n) is 14.4. The van der Waals surface area contributed by atoms with Crippen molar-refractivity contribution >= 4 is 11.8 Å². The van der Waals surface area contributed by atoms with E-state index in [0.29, 0.717) is 25.3 Å². The van der Waals surface area contributed by atoms with Crippen molar-refractivity contribution in [1.29, 1.82) is 0 Å². The summed E-state index contributed by atoms with van der Waals surface area (Å²) in [6, 6.07) is 1.87. The fraction of sp³-hybridized carbons (Fsp3) is 0.706. The van der Waals surface area contributed by atoms with Crippen LogP contribution in [0.5, 0.6) is 0 Å². The third-order valence-electron chi connectivity index (χ3n) is 4.38. The third-order valence-corrected chi connectivity index (χ3v) is 4.38. The predicted octanol–water partition coefficient (Wildman–Crippen LogP) is 1.67. The summed E-state index contributed by atoms with van der Waals surface area (Å²) in [5, 5.41) is 7.16. The number of rotatable bonds is 7. The van der Waals surface area contributed by atoms with Gasteiger partial charge < -0.3 is 10.2 Å². The lowest BCUT2D eigenvalue weighted by atomic mass is 9.88. The molecule has 1 aliphatic heterocycles. The van der Waals surface area contributed by atoms with Crippen molar-refractivity contribution in [2.24, 2.45) is 11.8 Å². The van der Waals surface area contributed by atoms with Crippen LogP contribution in [0.4, 0.5) is 0 Å². The molecule has 2 amide bonds. The molecule has 23 heavy (non-hydrogen) atoms. The molecular formula is C17H28N4O2. The van der Waals surface area contributed by atoms with E-state index in [2.05, 4.69) is 24.3 Å². The van der Waals surface area contributed by atoms with Crippen LogP contribution in [0.2, 0.25) is 0 Å². The van der Waals surface area contributed by atoms with Gasteiger partial charge in [0.05, 0.1) is 5.92 Å². The van der Waals surface area contributed by atoms with E-state index in [9.17, 15) is 9.59 Å². The van der Waals surface area contributed by atoms with Crippen molar-refractivity contribution in [3.05, 3.63) is 18.5 Å². The Bertz CT molecular complexity index is 513. The first-order valence-electron chi connectivity index (χ1n) is 8.53. The number of carbonyl (C=O) groups is 2. The molecule has 1 aliphatic rings. The fourth-order valence-electron chi connectivity index (χ4n) is 3.14. The molecule has 6 nitrogen and oxygen atoms in total. The molecule has 0 saturated carbocycles. The van der Waals surface area contributed by atoms with Crippen LogP contribution >= 0.6 is 0 Å². The normalized spacial score (nSPS) is 21.7. The SMILES string of the molecule is CC(C)CN1C(=O)CC[C@@H](C(=O)NCCCn2cccn2)[C@H]1C. The van der Waals surface area contributed by atoms with E-state index >= 15 is 0 Å². The van der Waals surface area contributed by atoms with Gasteiger partial charge in [-0.25, -0.2) is 0 Å². The molecule has 2 atom stereocenters. The van der Waals surface area contributed by atoms with Crippen LogP contribution in [0.1, 0.15) is 40.0 Å². The third kappa shape index (κ3) is 4.81. The van der Waals surface area contributed by atoms with Crippen molar-refractivity contribution in [3.63, 3.8) is 0 Å². The second-order valence-corrected chi connectivity index (χ2v) is 6.74. The van der Waals surface area contributed by atoms with Crippen LogP contribution < -0.4 is 5.32 Å². The monoisotopic (exact) mass is 320 g/mol. The lowest BCUT2D eigenvalue weighted by molar-refractivity contribution is -0.143. The Labute approximate surface area is 138 Å². The summed E-state index contributed by atoms with van der Waals surface area (Å²) < 4.78 is 1.86. The van der Waals surface area contributed by atoms with Gasteiger partial charge >= 0.3 is 0 Å². The summed E-state index contributed by atoms with van der Waals surface area (Å²) in [4.78, 5) is 26.4. The van der Waals surface area contributed by atoms with Crippen LogP contribution in [0.15, 0.2) is 18.5 Å². The highest BCUT2D eigenvalue weighted by Crippen LogP contribution is 2.25. The van der Waals surface area contributed by atoms with Gasteiger partial charge in [0.2, 0.25) is 11.8 Å². The van der Waals surface area contributed by atoms with Crippen LogP contribution in [-0.4, -0.2) is 45.6 Å². The van der Waals surface area contributed by atoms with Gasteiger partial charge in [-0.15, -0.1) is 0 Å². The van der Waals surface area contributed by atoms with Crippen molar-refractivity contribution in [2.45, 2.75) is 52.6 Å². The molecule has 2 heterocycles. The second kappa shape index (κ2) is 8.13. The molecule has 1 N–H and O–H groups in total. The number of nitrogens with one attached hydrogen (secondary N) is 1. The average Bonchev–Trinajstić information content (AvgIpc) is 3.01. The number of hydrogen-bond acceptors (Lipinski definition) is 3. The van der Waals surface area contributed by atoms with Gasteiger partial charge in [-0.05, 0) is 31.7 Å². The molecule has 2 rings (SSSR count). The Morgan fingerprint density at radius 1 is 1.48 bits per heavy atom. The van der Waals surface area contributed by atoms with Crippen LogP contribution in [0, 0.1) is 11.8 Å². The van der Waals surface area contributed by atoms with Crippen molar-refractivity contribution in [1.82, 2.24) is 20.0 Å². The van der Waals surface area contributed by atoms with Gasteiger partial charge in [-0.1, -0.05) is 13.8 Å². The number of aryl methyl sites for hydroxylation is 1. The lowest BCUT2D eigenvalue weighted by Crippen LogP contribution is -2.52. The lowest BCUT2D eigenvalue weighted by Gasteiger charge is -2.39. The number of piperidine rings is 1. The Morgan fingerprint density at radius 3 is 2.91 bits per heavy atom. The van der Waals surface area contributed by atoms with Crippen molar-refractivity contribution in [3.8, 4) is 0 Å². The summed E-state index contributed by atoms with van der Waals surface area (Å²) >= 11 is 0. The fourth-order valence-corrected chi connectivity index (χ4v) is 3.14. The van der Waals surface area contributed by atoms with E-state index in [1.807, 2.05) is 28.8 Å². The molecule has 0 bridgehead atoms. The largest absolute Gasteiger partial charge is 0.356 e. The molecular weight excluding hydrogens is 292 g/mol. The number of nitrogens with zero attached hydrogens (tertiary/aromatic N) is 3. The van der Waals surface area contributed by atoms with E-state index in [4.69, 9.17) is 0 Å². The molecule has 128 valence electrons. The summed E-state index contributed by atoms with van der Waals surface area (Å²) in [6.45, 7) is 8.35. The average molecular weight is 320 g/mol. The molecule has 1 aromatic rings.